The van der Waals surface area contributed by atoms with Gasteiger partial charge in [0.05, 0.1) is 13.2 Å². The highest BCUT2D eigenvalue weighted by Crippen LogP contribution is 2.18. The van der Waals surface area contributed by atoms with E-state index in [1.807, 2.05) is 6.07 Å². The van der Waals surface area contributed by atoms with Crippen molar-refractivity contribution in [1.29, 1.82) is 5.26 Å². The minimum Gasteiger partial charge on any atom is -0.497 e. The Morgan fingerprint density at radius 3 is 2.92 bits per heavy atom. The first-order valence-corrected chi connectivity index (χ1v) is 3.80. The van der Waals surface area contributed by atoms with E-state index in [0.717, 1.165) is 0 Å². The summed E-state index contributed by atoms with van der Waals surface area (Å²) in [6, 6.07) is 8.82. The number of ether oxygens (including phenoxy) is 1. The first-order chi connectivity index (χ1) is 6.31. The van der Waals surface area contributed by atoms with Crippen LogP contribution in [0.4, 0.5) is 0 Å². The molecule has 0 aromatic heterocycles. The van der Waals surface area contributed by atoms with Gasteiger partial charge in [0.1, 0.15) is 18.0 Å². The molecule has 0 fully saturated rings. The van der Waals surface area contributed by atoms with Gasteiger partial charge in [-0.15, -0.1) is 0 Å². The summed E-state index contributed by atoms with van der Waals surface area (Å²) in [7, 11) is 1.54. The number of hydrogen-bond acceptors (Lipinski definition) is 3. The molecule has 1 rings (SSSR count). The first-order valence-electron chi connectivity index (χ1n) is 3.80. The van der Waals surface area contributed by atoms with Crippen LogP contribution in [0.2, 0.25) is 0 Å². The molecule has 3 heteroatoms. The Labute approximate surface area is 76.6 Å². The molecule has 1 unspecified atom stereocenters. The zero-order valence-electron chi connectivity index (χ0n) is 7.23. The Hall–Kier alpha value is -1.82. The molecule has 66 valence electrons. The van der Waals surface area contributed by atoms with E-state index < -0.39 is 5.92 Å². The van der Waals surface area contributed by atoms with Gasteiger partial charge in [0.2, 0.25) is 0 Å². The molecule has 1 atom stereocenters. The molecular weight excluding hydrogens is 166 g/mol. The molecule has 0 heterocycles. The van der Waals surface area contributed by atoms with E-state index in [1.165, 1.54) is 0 Å². The summed E-state index contributed by atoms with van der Waals surface area (Å²) in [4.78, 5) is 10.5. The van der Waals surface area contributed by atoms with E-state index in [4.69, 9.17) is 10.00 Å². The van der Waals surface area contributed by atoms with Crippen molar-refractivity contribution >= 4 is 6.29 Å². The van der Waals surface area contributed by atoms with Crippen molar-refractivity contribution in [3.05, 3.63) is 29.8 Å². The van der Waals surface area contributed by atoms with Gasteiger partial charge in [0.15, 0.2) is 0 Å². The van der Waals surface area contributed by atoms with Crippen LogP contribution in [0.25, 0.3) is 0 Å². The average molecular weight is 175 g/mol. The quantitative estimate of drug-likeness (QED) is 0.654. The van der Waals surface area contributed by atoms with Crippen molar-refractivity contribution in [1.82, 2.24) is 0 Å². The molecule has 0 saturated carbocycles. The minimum absolute atomic E-state index is 0.620. The summed E-state index contributed by atoms with van der Waals surface area (Å²) in [5, 5.41) is 8.62. The summed E-state index contributed by atoms with van der Waals surface area (Å²) in [6.45, 7) is 0. The fraction of sp³-hybridized carbons (Fsp3) is 0.200. The van der Waals surface area contributed by atoms with Gasteiger partial charge in [0, 0.05) is 0 Å². The molecule has 13 heavy (non-hydrogen) atoms. The number of nitrogens with zero attached hydrogens (tertiary/aromatic N) is 1. The molecule has 0 spiro atoms. The highest BCUT2D eigenvalue weighted by atomic mass is 16.5. The summed E-state index contributed by atoms with van der Waals surface area (Å²) >= 11 is 0. The SMILES string of the molecule is COc1cccc(C(C#N)C=O)c1. The summed E-state index contributed by atoms with van der Waals surface area (Å²) in [5.41, 5.74) is 0.664. The van der Waals surface area contributed by atoms with Crippen LogP contribution in [0.15, 0.2) is 24.3 Å². The number of rotatable bonds is 3. The molecule has 0 bridgehead atoms. The maximum atomic E-state index is 10.5. The summed E-state index contributed by atoms with van der Waals surface area (Å²) in [5.74, 6) is -0.0466. The molecule has 1 aromatic carbocycles. The largest absolute Gasteiger partial charge is 0.497 e. The summed E-state index contributed by atoms with van der Waals surface area (Å²) < 4.78 is 4.97. The molecule has 0 N–H and O–H groups in total. The van der Waals surface area contributed by atoms with Crippen LogP contribution in [-0.4, -0.2) is 13.4 Å². The number of aldehydes is 1. The summed E-state index contributed by atoms with van der Waals surface area (Å²) in [6.07, 6.45) is 0.620. The molecule has 0 aliphatic carbocycles. The van der Waals surface area contributed by atoms with Crippen molar-refractivity contribution in [3.8, 4) is 11.8 Å². The maximum absolute atomic E-state index is 10.5. The number of carbonyl (C=O) groups is 1. The lowest BCUT2D eigenvalue weighted by atomic mass is 10.0. The molecular formula is C10H9NO2. The van der Waals surface area contributed by atoms with Gasteiger partial charge in [0.25, 0.3) is 0 Å². The van der Waals surface area contributed by atoms with Crippen molar-refractivity contribution < 1.29 is 9.53 Å². The highest BCUT2D eigenvalue weighted by Gasteiger charge is 2.08. The van der Waals surface area contributed by atoms with E-state index in [0.29, 0.717) is 17.6 Å². The van der Waals surface area contributed by atoms with Crippen molar-refractivity contribution in [2.45, 2.75) is 5.92 Å². The Bertz CT molecular complexity index is 341. The lowest BCUT2D eigenvalue weighted by Gasteiger charge is -2.03. The van der Waals surface area contributed by atoms with Crippen LogP contribution >= 0.6 is 0 Å². The first kappa shape index (κ1) is 9.27. The van der Waals surface area contributed by atoms with E-state index in [-0.39, 0.29) is 0 Å². The number of methoxy groups -OCH3 is 1. The zero-order valence-corrected chi connectivity index (χ0v) is 7.23. The smallest absolute Gasteiger partial charge is 0.141 e. The van der Waals surface area contributed by atoms with E-state index in [1.54, 1.807) is 31.4 Å². The van der Waals surface area contributed by atoms with Gasteiger partial charge in [-0.2, -0.15) is 5.26 Å². The molecule has 3 nitrogen and oxygen atoms in total. The molecule has 0 saturated heterocycles. The predicted octanol–water partition coefficient (Wildman–Crippen LogP) is 1.50. The molecule has 0 aliphatic rings. The van der Waals surface area contributed by atoms with Crippen LogP contribution in [0.1, 0.15) is 11.5 Å². The lowest BCUT2D eigenvalue weighted by Crippen LogP contribution is -1.96. The van der Waals surface area contributed by atoms with Crippen LogP contribution < -0.4 is 4.74 Å². The fourth-order valence-corrected chi connectivity index (χ4v) is 1.02. The van der Waals surface area contributed by atoms with Crippen molar-refractivity contribution in [3.63, 3.8) is 0 Å². The third kappa shape index (κ3) is 2.06. The van der Waals surface area contributed by atoms with Gasteiger partial charge < -0.3 is 9.53 Å². The van der Waals surface area contributed by atoms with Gasteiger partial charge in [-0.1, -0.05) is 12.1 Å². The fourth-order valence-electron chi connectivity index (χ4n) is 1.02. The minimum atomic E-state index is -0.699. The lowest BCUT2D eigenvalue weighted by molar-refractivity contribution is -0.108. The van der Waals surface area contributed by atoms with Gasteiger partial charge in [-0.3, -0.25) is 0 Å². The molecule has 0 aliphatic heterocycles. The number of carbonyl (C=O) groups excluding carboxylic acids is 1. The third-order valence-electron chi connectivity index (χ3n) is 1.73. The van der Waals surface area contributed by atoms with Crippen LogP contribution in [-0.2, 0) is 4.79 Å². The van der Waals surface area contributed by atoms with E-state index in [9.17, 15) is 4.79 Å². The van der Waals surface area contributed by atoms with Crippen LogP contribution in [0.5, 0.6) is 5.75 Å². The van der Waals surface area contributed by atoms with E-state index in [2.05, 4.69) is 0 Å². The maximum Gasteiger partial charge on any atom is 0.141 e. The topological polar surface area (TPSA) is 50.1 Å². The van der Waals surface area contributed by atoms with Gasteiger partial charge in [-0.25, -0.2) is 0 Å². The van der Waals surface area contributed by atoms with Gasteiger partial charge >= 0.3 is 0 Å². The van der Waals surface area contributed by atoms with Crippen molar-refractivity contribution in [2.24, 2.45) is 0 Å². The number of nitriles is 1. The monoisotopic (exact) mass is 175 g/mol. The Morgan fingerprint density at radius 2 is 2.38 bits per heavy atom. The van der Waals surface area contributed by atoms with Crippen LogP contribution in [0, 0.1) is 11.3 Å². The molecule has 0 radical (unpaired) electrons. The Morgan fingerprint density at radius 1 is 1.62 bits per heavy atom. The second kappa shape index (κ2) is 4.27. The van der Waals surface area contributed by atoms with Gasteiger partial charge in [-0.05, 0) is 17.7 Å². The predicted molar refractivity (Wildman–Crippen MR) is 47.4 cm³/mol. The second-order valence-electron chi connectivity index (χ2n) is 2.52. The van der Waals surface area contributed by atoms with E-state index >= 15 is 0 Å². The van der Waals surface area contributed by atoms with Crippen LogP contribution in [0.3, 0.4) is 0 Å². The Kier molecular flexibility index (Phi) is 3.04. The normalized spacial score (nSPS) is 11.4. The highest BCUT2D eigenvalue weighted by molar-refractivity contribution is 5.66. The molecule has 1 aromatic rings. The number of benzene rings is 1. The number of hydrogen-bond donors (Lipinski definition) is 0. The average Bonchev–Trinajstić information content (AvgIpc) is 2.20. The Balaban J connectivity index is 3.01. The third-order valence-corrected chi connectivity index (χ3v) is 1.73. The van der Waals surface area contributed by atoms with Crippen molar-refractivity contribution in [2.75, 3.05) is 7.11 Å². The second-order valence-corrected chi connectivity index (χ2v) is 2.52. The zero-order chi connectivity index (χ0) is 9.68. The standard InChI is InChI=1S/C10H9NO2/c1-13-10-4-2-3-8(5-10)9(6-11)7-12/h2-5,7,9H,1H3. The molecule has 0 amide bonds.